The summed E-state index contributed by atoms with van der Waals surface area (Å²) in [4.78, 5) is 17.7. The Bertz CT molecular complexity index is 2550. The summed E-state index contributed by atoms with van der Waals surface area (Å²) >= 11 is 2.40. The summed E-state index contributed by atoms with van der Waals surface area (Å²) in [6.07, 6.45) is -4.24. The van der Waals surface area contributed by atoms with Gasteiger partial charge in [-0.25, -0.2) is 9.97 Å². The molecule has 0 spiro atoms. The Hall–Kier alpha value is -4.33. The molecule has 6 aromatic rings. The zero-order valence-electron chi connectivity index (χ0n) is 32.6. The Morgan fingerprint density at radius 2 is 1.15 bits per heavy atom. The number of rotatable bonds is 14. The summed E-state index contributed by atoms with van der Waals surface area (Å²) in [6.45, 7) is 5.83. The van der Waals surface area contributed by atoms with Gasteiger partial charge in [-0.05, 0) is 123 Å². The fourth-order valence-corrected chi connectivity index (χ4v) is 8.48. The minimum Gasteiger partial charge on any atom is -0.396 e. The highest BCUT2D eigenvalue weighted by Gasteiger charge is 2.38. The van der Waals surface area contributed by atoms with Crippen molar-refractivity contribution in [2.45, 2.75) is 76.6 Å². The van der Waals surface area contributed by atoms with Gasteiger partial charge in [0.25, 0.3) is 0 Å². The van der Waals surface area contributed by atoms with Gasteiger partial charge in [-0.3, -0.25) is 4.57 Å². The number of hydrogen-bond acceptors (Lipinski definition) is 13. The number of aliphatic hydroxyl groups is 1. The van der Waals surface area contributed by atoms with Gasteiger partial charge in [0.1, 0.15) is 11.4 Å². The van der Waals surface area contributed by atoms with Gasteiger partial charge < -0.3 is 25.2 Å². The highest BCUT2D eigenvalue weighted by atomic mass is 32.1. The molecule has 8 rings (SSSR count). The quantitative estimate of drug-likeness (QED) is 0.0465. The topological polar surface area (TPSA) is 168 Å². The monoisotopic (exact) mass is 894 g/mol. The molecule has 0 bridgehead atoms. The van der Waals surface area contributed by atoms with Crippen molar-refractivity contribution >= 4 is 62.3 Å². The van der Waals surface area contributed by atoms with Gasteiger partial charge in [-0.15, -0.1) is 20.4 Å². The third-order valence-electron chi connectivity index (χ3n) is 9.82. The van der Waals surface area contributed by atoms with E-state index in [1.807, 2.05) is 12.1 Å². The first-order valence-corrected chi connectivity index (χ1v) is 22.8. The van der Waals surface area contributed by atoms with Gasteiger partial charge >= 0.3 is 19.9 Å². The molecule has 4 heterocycles. The van der Waals surface area contributed by atoms with Crippen LogP contribution in [0.5, 0.6) is 0 Å². The van der Waals surface area contributed by atoms with Crippen LogP contribution in [-0.2, 0) is 21.4 Å². The summed E-state index contributed by atoms with van der Waals surface area (Å²) in [5.41, 5.74) is 2.07. The molecule has 320 valence electrons. The minimum atomic E-state index is -4.51. The Balaban J connectivity index is 0.000000183. The third-order valence-corrected chi connectivity index (χ3v) is 12.3. The van der Waals surface area contributed by atoms with Gasteiger partial charge in [0, 0.05) is 37.1 Å². The lowest BCUT2D eigenvalue weighted by molar-refractivity contribution is -0.137. The van der Waals surface area contributed by atoms with Crippen LogP contribution in [0.1, 0.15) is 83.7 Å². The Morgan fingerprint density at radius 1 is 0.717 bits per heavy atom. The third kappa shape index (κ3) is 10.8. The number of aliphatic hydroxyl groups excluding tert-OH is 1. The zero-order chi connectivity index (χ0) is 43.0. The first-order valence-electron chi connectivity index (χ1n) is 19.1. The van der Waals surface area contributed by atoms with Crippen molar-refractivity contribution in [1.82, 2.24) is 30.4 Å². The number of nitrogens with one attached hydrogen (secondary N) is 2. The smallest absolute Gasteiger partial charge is 0.396 e. The first kappa shape index (κ1) is 43.7. The van der Waals surface area contributed by atoms with Crippen LogP contribution < -0.4 is 10.6 Å². The Labute approximate surface area is 348 Å². The SMILES string of the molecule is Cc1cc(-c2nnc(NCCCO)s2)nc2c(C(F)(F)F)cc(C3CC3)cc12.Cc1cc(-c2nnc(NCCCOP(C)(=O)O)s2)nc2c(C(F)(F)F)cc(C3CC3)cc12. The highest BCUT2D eigenvalue weighted by Crippen LogP contribution is 2.47. The summed E-state index contributed by atoms with van der Waals surface area (Å²) in [7, 11) is -3.50. The van der Waals surface area contributed by atoms with Crippen molar-refractivity contribution in [3.05, 3.63) is 69.8 Å². The van der Waals surface area contributed by atoms with E-state index in [0.717, 1.165) is 49.0 Å². The van der Waals surface area contributed by atoms with Crippen LogP contribution >= 0.6 is 30.3 Å². The van der Waals surface area contributed by atoms with E-state index in [9.17, 15) is 30.9 Å². The maximum atomic E-state index is 13.8. The fourth-order valence-electron chi connectivity index (χ4n) is 6.55. The summed E-state index contributed by atoms with van der Waals surface area (Å²) in [5.74, 6) is 0.420. The molecule has 2 fully saturated rings. The molecule has 60 heavy (non-hydrogen) atoms. The van der Waals surface area contributed by atoms with E-state index in [4.69, 9.17) is 14.5 Å². The number of anilines is 2. The van der Waals surface area contributed by atoms with Crippen LogP contribution in [0.4, 0.5) is 36.6 Å². The van der Waals surface area contributed by atoms with Crippen LogP contribution in [0.25, 0.3) is 43.2 Å². The lowest BCUT2D eigenvalue weighted by atomic mass is 9.98. The van der Waals surface area contributed by atoms with E-state index in [1.165, 1.54) is 34.8 Å². The number of pyridine rings is 2. The maximum absolute atomic E-state index is 13.8. The summed E-state index contributed by atoms with van der Waals surface area (Å²) < 4.78 is 98.5. The van der Waals surface area contributed by atoms with Crippen LogP contribution in [0.3, 0.4) is 0 Å². The molecule has 1 unspecified atom stereocenters. The van der Waals surface area contributed by atoms with Gasteiger partial charge in [-0.1, -0.05) is 22.7 Å². The normalized spacial score (nSPS) is 15.5. The van der Waals surface area contributed by atoms with Gasteiger partial charge in [0.05, 0.1) is 28.8 Å². The number of halogens is 6. The van der Waals surface area contributed by atoms with Crippen molar-refractivity contribution in [1.29, 1.82) is 0 Å². The molecule has 0 saturated heterocycles. The van der Waals surface area contributed by atoms with Gasteiger partial charge in [-0.2, -0.15) is 26.3 Å². The number of aryl methyl sites for hydroxylation is 2. The number of benzene rings is 2. The van der Waals surface area contributed by atoms with Crippen LogP contribution in [0, 0.1) is 13.8 Å². The van der Waals surface area contributed by atoms with Crippen molar-refractivity contribution in [2.75, 3.05) is 43.6 Å². The molecule has 0 aliphatic heterocycles. The Morgan fingerprint density at radius 3 is 1.53 bits per heavy atom. The van der Waals surface area contributed by atoms with Crippen molar-refractivity contribution in [3.8, 4) is 21.4 Å². The molecule has 4 N–H and O–H groups in total. The molecule has 1 atom stereocenters. The van der Waals surface area contributed by atoms with E-state index >= 15 is 0 Å². The number of aromatic nitrogens is 6. The molecule has 2 aliphatic rings. The molecule has 2 aliphatic carbocycles. The lowest BCUT2D eigenvalue weighted by Gasteiger charge is -2.14. The van der Waals surface area contributed by atoms with E-state index < -0.39 is 31.1 Å². The standard InChI is InChI=1S/C20H22F3N4O3PS.C19H19F3N4OS/c1-11-8-16(18-26-27-19(32-18)24-6-3-7-30-31(2,28)29)25-17-14(11)9-13(12-4-5-12)10-15(17)20(21,22)23;1-10-7-15(17-25-26-18(28-17)23-5-2-6-27)24-16-13(10)8-12(11-3-4-11)9-14(16)19(20,21)22/h8-10,12H,3-7H2,1-2H3,(H,24,27)(H,28,29);7-9,11,27H,2-6H2,1H3,(H,23,26). The zero-order valence-corrected chi connectivity index (χ0v) is 35.1. The summed E-state index contributed by atoms with van der Waals surface area (Å²) in [6, 6.07) is 9.64. The number of alkyl halides is 6. The van der Waals surface area contributed by atoms with Gasteiger partial charge in [0.2, 0.25) is 10.3 Å². The van der Waals surface area contributed by atoms with Crippen molar-refractivity contribution < 1.29 is 45.4 Å². The molecule has 0 radical (unpaired) electrons. The molecule has 21 heteroatoms. The molecule has 0 amide bonds. The number of hydrogen-bond donors (Lipinski definition) is 4. The second-order valence-corrected chi connectivity index (χ2v) is 18.7. The van der Waals surface area contributed by atoms with E-state index in [-0.39, 0.29) is 36.1 Å². The van der Waals surface area contributed by atoms with E-state index in [0.29, 0.717) is 73.9 Å². The first-order chi connectivity index (χ1) is 28.4. The molecule has 4 aromatic heterocycles. The van der Waals surface area contributed by atoms with Gasteiger partial charge in [0.15, 0.2) is 10.0 Å². The van der Waals surface area contributed by atoms with E-state index in [1.54, 1.807) is 26.0 Å². The Kier molecular flexibility index (Phi) is 12.8. The molecular formula is C39H41F6N8O4PS2. The second kappa shape index (κ2) is 17.6. The van der Waals surface area contributed by atoms with E-state index in [2.05, 4.69) is 41.0 Å². The van der Waals surface area contributed by atoms with Crippen LogP contribution in [0.2, 0.25) is 0 Å². The minimum absolute atomic E-state index is 0.0445. The predicted octanol–water partition coefficient (Wildman–Crippen LogP) is 10.3. The predicted molar refractivity (Wildman–Crippen MR) is 220 cm³/mol. The largest absolute Gasteiger partial charge is 0.418 e. The number of fused-ring (bicyclic) bond motifs is 2. The maximum Gasteiger partial charge on any atom is 0.418 e. The lowest BCUT2D eigenvalue weighted by Crippen LogP contribution is -2.08. The second-order valence-electron chi connectivity index (χ2n) is 14.9. The van der Waals surface area contributed by atoms with Crippen molar-refractivity contribution in [3.63, 3.8) is 0 Å². The molecule has 2 saturated carbocycles. The molecule has 2 aromatic carbocycles. The molecule has 12 nitrogen and oxygen atoms in total. The summed E-state index contributed by atoms with van der Waals surface area (Å²) in [5, 5.41) is 33.9. The molecular weight excluding hydrogens is 854 g/mol. The fraction of sp³-hybridized carbons (Fsp3) is 0.436. The average Bonchev–Trinajstić information content (AvgIpc) is 4.11. The van der Waals surface area contributed by atoms with Crippen molar-refractivity contribution in [2.24, 2.45) is 0 Å². The highest BCUT2D eigenvalue weighted by molar-refractivity contribution is 7.51. The number of nitrogens with zero attached hydrogens (tertiary/aromatic N) is 6. The van der Waals surface area contributed by atoms with Crippen LogP contribution in [0.15, 0.2) is 36.4 Å². The average molecular weight is 895 g/mol. The van der Waals surface area contributed by atoms with Crippen LogP contribution in [-0.4, -0.2) is 73.3 Å².